The lowest BCUT2D eigenvalue weighted by Gasteiger charge is -2.05. The van der Waals surface area contributed by atoms with Crippen LogP contribution in [0.4, 0.5) is 0 Å². The molecular formula is C17H15NO4. The highest BCUT2D eigenvalue weighted by Gasteiger charge is 2.10. The number of furan rings is 1. The molecule has 112 valence electrons. The van der Waals surface area contributed by atoms with Gasteiger partial charge in [0.1, 0.15) is 17.1 Å². The Kier molecular flexibility index (Phi) is 3.70. The SMILES string of the molecule is COc1ccc(-c2coc3ccc(OCC(N)=O)cc23)cc1. The summed E-state index contributed by atoms with van der Waals surface area (Å²) in [4.78, 5) is 10.8. The fourth-order valence-corrected chi connectivity index (χ4v) is 2.25. The molecule has 5 heteroatoms. The molecule has 1 aromatic heterocycles. The number of fused-ring (bicyclic) bond motifs is 1. The average molecular weight is 297 g/mol. The molecule has 0 saturated carbocycles. The van der Waals surface area contributed by atoms with Crippen molar-refractivity contribution in [3.63, 3.8) is 0 Å². The average Bonchev–Trinajstić information content (AvgIpc) is 2.96. The quantitative estimate of drug-likeness (QED) is 0.785. The van der Waals surface area contributed by atoms with Crippen LogP contribution in [-0.2, 0) is 4.79 Å². The van der Waals surface area contributed by atoms with Gasteiger partial charge in [-0.1, -0.05) is 12.1 Å². The molecule has 0 fully saturated rings. The monoisotopic (exact) mass is 297 g/mol. The second kappa shape index (κ2) is 5.81. The van der Waals surface area contributed by atoms with Gasteiger partial charge in [-0.3, -0.25) is 4.79 Å². The molecule has 0 atom stereocenters. The number of methoxy groups -OCH3 is 1. The van der Waals surface area contributed by atoms with Gasteiger partial charge in [-0.15, -0.1) is 0 Å². The Morgan fingerprint density at radius 3 is 2.55 bits per heavy atom. The molecule has 1 heterocycles. The first kappa shape index (κ1) is 14.0. The molecular weight excluding hydrogens is 282 g/mol. The molecule has 2 N–H and O–H groups in total. The summed E-state index contributed by atoms with van der Waals surface area (Å²) in [5.41, 5.74) is 7.79. The van der Waals surface area contributed by atoms with Gasteiger partial charge in [-0.2, -0.15) is 0 Å². The number of primary amides is 1. The second-order valence-corrected chi connectivity index (χ2v) is 4.79. The largest absolute Gasteiger partial charge is 0.497 e. The Morgan fingerprint density at radius 2 is 1.86 bits per heavy atom. The third-order valence-electron chi connectivity index (χ3n) is 3.33. The van der Waals surface area contributed by atoms with E-state index >= 15 is 0 Å². The Balaban J connectivity index is 1.98. The molecule has 3 aromatic rings. The normalized spacial score (nSPS) is 10.6. The number of benzene rings is 2. The Bertz CT molecular complexity index is 805. The van der Waals surface area contributed by atoms with Crippen molar-refractivity contribution in [3.8, 4) is 22.6 Å². The summed E-state index contributed by atoms with van der Waals surface area (Å²) in [7, 11) is 1.63. The van der Waals surface area contributed by atoms with Crippen LogP contribution < -0.4 is 15.2 Å². The van der Waals surface area contributed by atoms with E-state index in [0.29, 0.717) is 5.75 Å². The highest BCUT2D eigenvalue weighted by atomic mass is 16.5. The molecule has 0 spiro atoms. The number of carbonyl (C=O) groups excluding carboxylic acids is 1. The van der Waals surface area contributed by atoms with Gasteiger partial charge in [-0.05, 0) is 35.9 Å². The highest BCUT2D eigenvalue weighted by molar-refractivity contribution is 5.94. The van der Waals surface area contributed by atoms with Gasteiger partial charge in [0.05, 0.1) is 13.4 Å². The van der Waals surface area contributed by atoms with E-state index in [2.05, 4.69) is 0 Å². The van der Waals surface area contributed by atoms with Crippen molar-refractivity contribution < 1.29 is 18.7 Å². The molecule has 3 rings (SSSR count). The van der Waals surface area contributed by atoms with Crippen LogP contribution in [0.2, 0.25) is 0 Å². The Labute approximate surface area is 127 Å². The van der Waals surface area contributed by atoms with Crippen molar-refractivity contribution in [1.29, 1.82) is 0 Å². The van der Waals surface area contributed by atoms with E-state index in [-0.39, 0.29) is 6.61 Å². The molecule has 1 amide bonds. The predicted molar refractivity (Wildman–Crippen MR) is 82.9 cm³/mol. The minimum absolute atomic E-state index is 0.152. The molecule has 0 saturated heterocycles. The van der Waals surface area contributed by atoms with Crippen LogP contribution in [0.25, 0.3) is 22.1 Å². The summed E-state index contributed by atoms with van der Waals surface area (Å²) in [5.74, 6) is 0.854. The predicted octanol–water partition coefficient (Wildman–Crippen LogP) is 2.97. The Hall–Kier alpha value is -2.95. The number of hydrogen-bond donors (Lipinski definition) is 1. The number of ether oxygens (including phenoxy) is 2. The highest BCUT2D eigenvalue weighted by Crippen LogP contribution is 2.33. The maximum atomic E-state index is 10.8. The van der Waals surface area contributed by atoms with Gasteiger partial charge in [0, 0.05) is 10.9 Å². The molecule has 0 unspecified atom stereocenters. The second-order valence-electron chi connectivity index (χ2n) is 4.79. The first-order valence-corrected chi connectivity index (χ1v) is 6.74. The van der Waals surface area contributed by atoms with Crippen molar-refractivity contribution in [2.45, 2.75) is 0 Å². The van der Waals surface area contributed by atoms with Gasteiger partial charge in [0.25, 0.3) is 5.91 Å². The first-order chi connectivity index (χ1) is 10.7. The number of rotatable bonds is 5. The van der Waals surface area contributed by atoms with Crippen LogP contribution in [0.1, 0.15) is 0 Å². The third kappa shape index (κ3) is 2.74. The zero-order valence-electron chi connectivity index (χ0n) is 12.0. The fourth-order valence-electron chi connectivity index (χ4n) is 2.25. The van der Waals surface area contributed by atoms with Gasteiger partial charge in [0.2, 0.25) is 0 Å². The topological polar surface area (TPSA) is 74.7 Å². The number of hydrogen-bond acceptors (Lipinski definition) is 4. The molecule has 2 aromatic carbocycles. The van der Waals surface area contributed by atoms with E-state index in [9.17, 15) is 4.79 Å². The number of amides is 1. The summed E-state index contributed by atoms with van der Waals surface area (Å²) in [5, 5.41) is 0.909. The molecule has 0 aliphatic rings. The summed E-state index contributed by atoms with van der Waals surface area (Å²) in [6.45, 7) is -0.152. The number of nitrogens with two attached hydrogens (primary N) is 1. The van der Waals surface area contributed by atoms with E-state index in [1.807, 2.05) is 30.3 Å². The lowest BCUT2D eigenvalue weighted by molar-refractivity contribution is -0.119. The van der Waals surface area contributed by atoms with E-state index < -0.39 is 5.91 Å². The fraction of sp³-hybridized carbons (Fsp3) is 0.118. The molecule has 0 radical (unpaired) electrons. The van der Waals surface area contributed by atoms with Crippen molar-refractivity contribution in [2.24, 2.45) is 5.73 Å². The summed E-state index contributed by atoms with van der Waals surface area (Å²) in [6, 6.07) is 13.1. The molecule has 0 aliphatic heterocycles. The van der Waals surface area contributed by atoms with Crippen LogP contribution in [0.15, 0.2) is 53.1 Å². The maximum absolute atomic E-state index is 10.8. The van der Waals surface area contributed by atoms with Gasteiger partial charge >= 0.3 is 0 Å². The van der Waals surface area contributed by atoms with Crippen LogP contribution in [0, 0.1) is 0 Å². The Morgan fingerprint density at radius 1 is 1.14 bits per heavy atom. The van der Waals surface area contributed by atoms with Crippen molar-refractivity contribution in [2.75, 3.05) is 13.7 Å². The molecule has 22 heavy (non-hydrogen) atoms. The van der Waals surface area contributed by atoms with E-state index in [1.165, 1.54) is 0 Å². The smallest absolute Gasteiger partial charge is 0.255 e. The zero-order valence-corrected chi connectivity index (χ0v) is 12.0. The lowest BCUT2D eigenvalue weighted by Crippen LogP contribution is -2.19. The third-order valence-corrected chi connectivity index (χ3v) is 3.33. The summed E-state index contributed by atoms with van der Waals surface area (Å²) in [6.07, 6.45) is 1.70. The summed E-state index contributed by atoms with van der Waals surface area (Å²) >= 11 is 0. The zero-order chi connectivity index (χ0) is 15.5. The van der Waals surface area contributed by atoms with E-state index in [4.69, 9.17) is 19.6 Å². The van der Waals surface area contributed by atoms with Gasteiger partial charge < -0.3 is 19.6 Å². The van der Waals surface area contributed by atoms with Crippen molar-refractivity contribution >= 4 is 16.9 Å². The van der Waals surface area contributed by atoms with Gasteiger partial charge in [-0.25, -0.2) is 0 Å². The van der Waals surface area contributed by atoms with Crippen LogP contribution in [0.5, 0.6) is 11.5 Å². The first-order valence-electron chi connectivity index (χ1n) is 6.74. The molecule has 5 nitrogen and oxygen atoms in total. The lowest BCUT2D eigenvalue weighted by atomic mass is 10.0. The minimum Gasteiger partial charge on any atom is -0.497 e. The number of carbonyl (C=O) groups is 1. The van der Waals surface area contributed by atoms with Crippen LogP contribution >= 0.6 is 0 Å². The molecule has 0 aliphatic carbocycles. The van der Waals surface area contributed by atoms with Crippen LogP contribution in [-0.4, -0.2) is 19.6 Å². The summed E-state index contributed by atoms with van der Waals surface area (Å²) < 4.78 is 16.1. The van der Waals surface area contributed by atoms with E-state index in [1.54, 1.807) is 25.5 Å². The van der Waals surface area contributed by atoms with Crippen LogP contribution in [0.3, 0.4) is 0 Å². The van der Waals surface area contributed by atoms with Gasteiger partial charge in [0.15, 0.2) is 6.61 Å². The van der Waals surface area contributed by atoms with E-state index in [0.717, 1.165) is 27.8 Å². The maximum Gasteiger partial charge on any atom is 0.255 e. The standard InChI is InChI=1S/C17H15NO4/c1-20-12-4-2-11(3-5-12)15-9-22-16-7-6-13(8-14(15)16)21-10-17(18)19/h2-9H,10H2,1H3,(H2,18,19). The minimum atomic E-state index is -0.511. The van der Waals surface area contributed by atoms with Crippen molar-refractivity contribution in [3.05, 3.63) is 48.7 Å². The van der Waals surface area contributed by atoms with Crippen molar-refractivity contribution in [1.82, 2.24) is 0 Å². The molecule has 0 bridgehead atoms.